The lowest BCUT2D eigenvalue weighted by atomic mass is 9.98. The minimum absolute atomic E-state index is 0. The highest BCUT2D eigenvalue weighted by Crippen LogP contribution is 2.26. The molecule has 1 aliphatic heterocycles. The van der Waals surface area contributed by atoms with Gasteiger partial charge in [0.2, 0.25) is 11.8 Å². The lowest BCUT2D eigenvalue weighted by Crippen LogP contribution is -2.26. The first-order valence-corrected chi connectivity index (χ1v) is 6.03. The van der Waals surface area contributed by atoms with Gasteiger partial charge in [-0.25, -0.2) is 0 Å². The summed E-state index contributed by atoms with van der Waals surface area (Å²) in [5, 5.41) is 11.6. The first-order chi connectivity index (χ1) is 8.43. The first kappa shape index (κ1) is 12.8. The summed E-state index contributed by atoms with van der Waals surface area (Å²) in [7, 11) is 0. The van der Waals surface area contributed by atoms with Gasteiger partial charge in [0.25, 0.3) is 0 Å². The molecule has 0 unspecified atom stereocenters. The fourth-order valence-electron chi connectivity index (χ4n) is 2.17. The zero-order chi connectivity index (χ0) is 11.5. The van der Waals surface area contributed by atoms with E-state index in [1.54, 1.807) is 0 Å². The van der Waals surface area contributed by atoms with Crippen molar-refractivity contribution in [2.24, 2.45) is 0 Å². The number of nitrogens with one attached hydrogen (secondary N) is 1. The van der Waals surface area contributed by atoms with Crippen molar-refractivity contribution in [2.45, 2.75) is 26.2 Å². The van der Waals surface area contributed by atoms with Gasteiger partial charge in [0.15, 0.2) is 0 Å². The summed E-state index contributed by atoms with van der Waals surface area (Å²) in [6.45, 7) is 2.07. The predicted octanol–water partition coefficient (Wildman–Crippen LogP) is 2.84. The Morgan fingerprint density at radius 1 is 1.06 bits per heavy atom. The molecule has 0 atom stereocenters. The van der Waals surface area contributed by atoms with E-state index in [2.05, 4.69) is 15.5 Å². The molecule has 0 bridgehead atoms. The number of hydrogen-bond acceptors (Lipinski definition) is 4. The molecule has 1 aromatic heterocycles. The van der Waals surface area contributed by atoms with Crippen LogP contribution in [0.3, 0.4) is 0 Å². The largest absolute Gasteiger partial charge is 0.420 e. The van der Waals surface area contributed by atoms with Crippen molar-refractivity contribution in [3.8, 4) is 11.5 Å². The quantitative estimate of drug-likeness (QED) is 0.884. The Hall–Kier alpha value is -1.68. The maximum absolute atomic E-state index is 5.76. The number of rotatable bonds is 2. The molecule has 2 heterocycles. The smallest absolute Gasteiger partial charge is 0.247 e. The Kier molecular flexibility index (Phi) is 4.10. The number of nitrogens with zero attached hydrogens (tertiary/aromatic N) is 2. The zero-order valence-corrected chi connectivity index (χ0v) is 9.60. The van der Waals surface area contributed by atoms with Gasteiger partial charge in [0.1, 0.15) is 0 Å². The Bertz CT molecular complexity index is 475. The molecule has 1 saturated heterocycles. The summed E-state index contributed by atoms with van der Waals surface area (Å²) in [6, 6.07) is 9.90. The highest BCUT2D eigenvalue weighted by Gasteiger charge is 2.21. The predicted molar refractivity (Wildman–Crippen MR) is 71.3 cm³/mol. The summed E-state index contributed by atoms with van der Waals surface area (Å²) in [6.07, 6.45) is 2.16. The standard InChI is InChI=1S/C13H15N3O.CH4/c1-2-4-10(5-3-1)12-15-16-13(17-12)11-6-8-14-9-7-11;/h1-5,11,14H,6-9H2;1H4. The molecule has 3 rings (SSSR count). The van der Waals surface area contributed by atoms with Crippen LogP contribution in [0.5, 0.6) is 0 Å². The minimum Gasteiger partial charge on any atom is -0.420 e. The molecule has 1 aliphatic rings. The van der Waals surface area contributed by atoms with Gasteiger partial charge in [-0.2, -0.15) is 0 Å². The summed E-state index contributed by atoms with van der Waals surface area (Å²) in [5.74, 6) is 1.82. The van der Waals surface area contributed by atoms with Gasteiger partial charge in [0, 0.05) is 11.5 Å². The van der Waals surface area contributed by atoms with Crippen molar-refractivity contribution in [1.82, 2.24) is 15.5 Å². The summed E-state index contributed by atoms with van der Waals surface area (Å²) in [5.41, 5.74) is 0.986. The third kappa shape index (κ3) is 2.59. The second-order valence-electron chi connectivity index (χ2n) is 4.34. The number of aromatic nitrogens is 2. The molecule has 2 aromatic rings. The van der Waals surface area contributed by atoms with Crippen molar-refractivity contribution in [2.75, 3.05) is 13.1 Å². The SMILES string of the molecule is C.c1ccc(-c2nnc(C3CCNCC3)o2)cc1. The molecule has 0 saturated carbocycles. The number of hydrogen-bond donors (Lipinski definition) is 1. The fourth-order valence-corrected chi connectivity index (χ4v) is 2.17. The summed E-state index contributed by atoms with van der Waals surface area (Å²) in [4.78, 5) is 0. The van der Waals surface area contributed by atoms with Crippen LogP contribution in [0.15, 0.2) is 34.7 Å². The minimum atomic E-state index is 0. The normalized spacial score (nSPS) is 16.2. The maximum Gasteiger partial charge on any atom is 0.247 e. The van der Waals surface area contributed by atoms with Crippen LogP contribution >= 0.6 is 0 Å². The van der Waals surface area contributed by atoms with Gasteiger partial charge < -0.3 is 9.73 Å². The molecule has 1 N–H and O–H groups in total. The van der Waals surface area contributed by atoms with E-state index in [1.165, 1.54) is 0 Å². The van der Waals surface area contributed by atoms with Crippen molar-refractivity contribution in [3.63, 3.8) is 0 Å². The molecular formula is C14H19N3O. The average Bonchev–Trinajstić information content (AvgIpc) is 2.90. The Morgan fingerprint density at radius 2 is 1.78 bits per heavy atom. The van der Waals surface area contributed by atoms with E-state index in [9.17, 15) is 0 Å². The molecule has 0 radical (unpaired) electrons. The van der Waals surface area contributed by atoms with Crippen molar-refractivity contribution < 1.29 is 4.42 Å². The average molecular weight is 245 g/mol. The zero-order valence-electron chi connectivity index (χ0n) is 9.60. The lowest BCUT2D eigenvalue weighted by molar-refractivity contribution is 0.378. The Morgan fingerprint density at radius 3 is 2.50 bits per heavy atom. The third-order valence-corrected chi connectivity index (χ3v) is 3.15. The maximum atomic E-state index is 5.76. The van der Waals surface area contributed by atoms with E-state index in [0.29, 0.717) is 11.8 Å². The molecular weight excluding hydrogens is 226 g/mol. The van der Waals surface area contributed by atoms with Gasteiger partial charge >= 0.3 is 0 Å². The topological polar surface area (TPSA) is 51.0 Å². The van der Waals surface area contributed by atoms with Crippen LogP contribution in [0.2, 0.25) is 0 Å². The molecule has 18 heavy (non-hydrogen) atoms. The molecule has 4 nitrogen and oxygen atoms in total. The molecule has 4 heteroatoms. The Balaban J connectivity index is 0.00000120. The summed E-state index contributed by atoms with van der Waals surface area (Å²) >= 11 is 0. The van der Waals surface area contributed by atoms with Crippen LogP contribution in [0.25, 0.3) is 11.5 Å². The van der Waals surface area contributed by atoms with Crippen LogP contribution in [0.4, 0.5) is 0 Å². The Labute approximate surface area is 107 Å². The van der Waals surface area contributed by atoms with E-state index >= 15 is 0 Å². The van der Waals surface area contributed by atoms with E-state index in [4.69, 9.17) is 4.42 Å². The first-order valence-electron chi connectivity index (χ1n) is 6.03. The van der Waals surface area contributed by atoms with Crippen molar-refractivity contribution in [3.05, 3.63) is 36.2 Å². The second-order valence-corrected chi connectivity index (χ2v) is 4.34. The number of piperidine rings is 1. The monoisotopic (exact) mass is 245 g/mol. The van der Waals surface area contributed by atoms with Gasteiger partial charge in [-0.3, -0.25) is 0 Å². The van der Waals surface area contributed by atoms with Crippen LogP contribution in [-0.2, 0) is 0 Å². The highest BCUT2D eigenvalue weighted by molar-refractivity contribution is 5.51. The fraction of sp³-hybridized carbons (Fsp3) is 0.429. The van der Waals surface area contributed by atoms with E-state index in [1.807, 2.05) is 30.3 Å². The second kappa shape index (κ2) is 5.78. The van der Waals surface area contributed by atoms with E-state index < -0.39 is 0 Å². The van der Waals surface area contributed by atoms with Gasteiger partial charge in [-0.15, -0.1) is 10.2 Å². The van der Waals surface area contributed by atoms with Crippen molar-refractivity contribution in [1.29, 1.82) is 0 Å². The lowest BCUT2D eigenvalue weighted by Gasteiger charge is -2.18. The molecule has 1 fully saturated rings. The van der Waals surface area contributed by atoms with Crippen LogP contribution < -0.4 is 5.32 Å². The summed E-state index contributed by atoms with van der Waals surface area (Å²) < 4.78 is 5.76. The van der Waals surface area contributed by atoms with E-state index in [0.717, 1.165) is 37.4 Å². The van der Waals surface area contributed by atoms with E-state index in [-0.39, 0.29) is 7.43 Å². The van der Waals surface area contributed by atoms with Crippen LogP contribution in [0.1, 0.15) is 32.1 Å². The van der Waals surface area contributed by atoms with Crippen molar-refractivity contribution >= 4 is 0 Å². The van der Waals surface area contributed by atoms with Crippen LogP contribution in [0, 0.1) is 0 Å². The van der Waals surface area contributed by atoms with Crippen LogP contribution in [-0.4, -0.2) is 23.3 Å². The third-order valence-electron chi connectivity index (χ3n) is 3.15. The molecule has 96 valence electrons. The molecule has 0 aliphatic carbocycles. The highest BCUT2D eigenvalue weighted by atomic mass is 16.4. The van der Waals surface area contributed by atoms with Gasteiger partial charge in [0.05, 0.1) is 0 Å². The molecule has 1 aromatic carbocycles. The van der Waals surface area contributed by atoms with Gasteiger partial charge in [-0.05, 0) is 38.1 Å². The molecule has 0 amide bonds. The number of benzene rings is 1. The molecule has 0 spiro atoms. The van der Waals surface area contributed by atoms with Gasteiger partial charge in [-0.1, -0.05) is 25.6 Å².